The summed E-state index contributed by atoms with van der Waals surface area (Å²) in [5.74, 6) is 2.38. The van der Waals surface area contributed by atoms with Crippen LogP contribution in [0.15, 0.2) is 85.2 Å². The molecule has 10 heteroatoms. The third kappa shape index (κ3) is 6.96. The number of likely N-dealkylation sites (tertiary alicyclic amines) is 1. The standard InChI is InChI=1S/C40H43N7O3/c1-25(2)34-23-43-47-35(16-13-26-9-6-7-12-32(26)36-33-15-14-29(41)21-27(33)17-19-42-36)44-37(45-38(34)47)28-10-8-11-30(22-28)49-31-18-20-46(24-31)39(48)50-40(3,4)5/h6-12,14-15,17,19,21-23,25,31H,13,16,18,20,24,41H2,1-5H3. The summed E-state index contributed by atoms with van der Waals surface area (Å²) in [6.45, 7) is 11.0. The average molecular weight is 670 g/mol. The van der Waals surface area contributed by atoms with Crippen molar-refractivity contribution >= 4 is 28.2 Å². The Morgan fingerprint density at radius 1 is 1.00 bits per heavy atom. The quantitative estimate of drug-likeness (QED) is 0.163. The molecule has 0 spiro atoms. The number of aromatic nitrogens is 5. The molecular weight excluding hydrogens is 626 g/mol. The van der Waals surface area contributed by atoms with Crippen LogP contribution in [-0.2, 0) is 17.6 Å². The van der Waals surface area contributed by atoms with Gasteiger partial charge in [0.1, 0.15) is 23.3 Å². The summed E-state index contributed by atoms with van der Waals surface area (Å²) in [4.78, 5) is 29.2. The van der Waals surface area contributed by atoms with E-state index in [1.807, 2.05) is 86.2 Å². The zero-order valence-electron chi connectivity index (χ0n) is 29.3. The first kappa shape index (κ1) is 33.0. The number of rotatable bonds is 8. The van der Waals surface area contributed by atoms with E-state index in [1.54, 1.807) is 4.90 Å². The number of anilines is 1. The van der Waals surface area contributed by atoms with Crippen LogP contribution in [0.25, 0.3) is 39.1 Å². The zero-order valence-corrected chi connectivity index (χ0v) is 29.3. The van der Waals surface area contributed by atoms with Gasteiger partial charge in [0.2, 0.25) is 0 Å². The highest BCUT2D eigenvalue weighted by atomic mass is 16.6. The van der Waals surface area contributed by atoms with Gasteiger partial charge in [0.25, 0.3) is 0 Å². The van der Waals surface area contributed by atoms with Crippen molar-refractivity contribution in [1.82, 2.24) is 29.5 Å². The number of nitrogens with zero attached hydrogens (tertiary/aromatic N) is 6. The molecule has 7 rings (SSSR count). The first-order valence-electron chi connectivity index (χ1n) is 17.2. The Balaban J connectivity index is 1.17. The number of carbonyl (C=O) groups is 1. The highest BCUT2D eigenvalue weighted by Crippen LogP contribution is 2.32. The molecule has 50 heavy (non-hydrogen) atoms. The molecule has 1 atom stereocenters. The van der Waals surface area contributed by atoms with Gasteiger partial charge in [-0.3, -0.25) is 4.98 Å². The van der Waals surface area contributed by atoms with E-state index in [4.69, 9.17) is 35.3 Å². The Kier molecular flexibility index (Phi) is 8.86. The van der Waals surface area contributed by atoms with Crippen LogP contribution in [0.5, 0.6) is 5.75 Å². The van der Waals surface area contributed by atoms with Crippen LogP contribution in [0, 0.1) is 0 Å². The van der Waals surface area contributed by atoms with Crippen molar-refractivity contribution in [2.45, 2.75) is 71.5 Å². The van der Waals surface area contributed by atoms with Crippen molar-refractivity contribution in [3.63, 3.8) is 0 Å². The van der Waals surface area contributed by atoms with Gasteiger partial charge in [0.05, 0.1) is 18.4 Å². The van der Waals surface area contributed by atoms with Gasteiger partial charge in [-0.05, 0) is 74.4 Å². The highest BCUT2D eigenvalue weighted by Gasteiger charge is 2.31. The van der Waals surface area contributed by atoms with Crippen molar-refractivity contribution in [2.75, 3.05) is 18.8 Å². The lowest BCUT2D eigenvalue weighted by molar-refractivity contribution is 0.0275. The summed E-state index contributed by atoms with van der Waals surface area (Å²) in [5.41, 5.74) is 12.2. The molecule has 1 saturated heterocycles. The second-order valence-corrected chi connectivity index (χ2v) is 14.2. The summed E-state index contributed by atoms with van der Waals surface area (Å²) in [6.07, 6.45) is 5.39. The molecule has 0 aliphatic carbocycles. The van der Waals surface area contributed by atoms with Crippen molar-refractivity contribution in [1.29, 1.82) is 0 Å². The van der Waals surface area contributed by atoms with Crippen LogP contribution in [0.3, 0.4) is 0 Å². The molecule has 10 nitrogen and oxygen atoms in total. The monoisotopic (exact) mass is 669 g/mol. The van der Waals surface area contributed by atoms with Gasteiger partial charge in [0, 0.05) is 53.3 Å². The summed E-state index contributed by atoms with van der Waals surface area (Å²) in [7, 11) is 0. The maximum absolute atomic E-state index is 12.6. The van der Waals surface area contributed by atoms with Gasteiger partial charge in [-0.1, -0.05) is 56.3 Å². The topological polar surface area (TPSA) is 121 Å². The van der Waals surface area contributed by atoms with Crippen molar-refractivity contribution < 1.29 is 14.3 Å². The lowest BCUT2D eigenvalue weighted by Crippen LogP contribution is -2.36. The fourth-order valence-corrected chi connectivity index (χ4v) is 6.49. The number of pyridine rings is 1. The lowest BCUT2D eigenvalue weighted by atomic mass is 9.96. The van der Waals surface area contributed by atoms with Crippen molar-refractivity contribution in [2.24, 2.45) is 0 Å². The molecule has 1 aliphatic heterocycles. The molecule has 3 aromatic heterocycles. The van der Waals surface area contributed by atoms with E-state index in [0.717, 1.165) is 63.2 Å². The molecule has 1 fully saturated rings. The van der Waals surface area contributed by atoms with E-state index in [-0.39, 0.29) is 18.1 Å². The Morgan fingerprint density at radius 2 is 1.84 bits per heavy atom. The second kappa shape index (κ2) is 13.4. The lowest BCUT2D eigenvalue weighted by Gasteiger charge is -2.24. The number of carbonyl (C=O) groups excluding carboxylic acids is 1. The molecule has 1 unspecified atom stereocenters. The smallest absolute Gasteiger partial charge is 0.410 e. The van der Waals surface area contributed by atoms with Crippen LogP contribution in [0.1, 0.15) is 63.9 Å². The van der Waals surface area contributed by atoms with E-state index < -0.39 is 5.60 Å². The van der Waals surface area contributed by atoms with Gasteiger partial charge in [-0.25, -0.2) is 19.3 Å². The third-order valence-corrected chi connectivity index (χ3v) is 8.95. The van der Waals surface area contributed by atoms with Gasteiger partial charge < -0.3 is 20.1 Å². The molecule has 256 valence electrons. The molecule has 2 N–H and O–H groups in total. The Bertz CT molecular complexity index is 2190. The predicted molar refractivity (Wildman–Crippen MR) is 196 cm³/mol. The number of fused-ring (bicyclic) bond motifs is 2. The fourth-order valence-electron chi connectivity index (χ4n) is 6.49. The molecule has 0 radical (unpaired) electrons. The van der Waals surface area contributed by atoms with Crippen LogP contribution in [-0.4, -0.2) is 60.4 Å². The largest absolute Gasteiger partial charge is 0.488 e. The zero-order chi connectivity index (χ0) is 35.0. The van der Waals surface area contributed by atoms with E-state index in [1.165, 1.54) is 5.56 Å². The summed E-state index contributed by atoms with van der Waals surface area (Å²) in [5, 5.41) is 6.87. The van der Waals surface area contributed by atoms with Gasteiger partial charge in [0.15, 0.2) is 11.5 Å². The number of amides is 1. The minimum absolute atomic E-state index is 0.132. The summed E-state index contributed by atoms with van der Waals surface area (Å²) < 4.78 is 13.8. The first-order chi connectivity index (χ1) is 24.0. The Morgan fingerprint density at radius 3 is 2.66 bits per heavy atom. The van der Waals surface area contributed by atoms with Crippen LogP contribution in [0.2, 0.25) is 0 Å². The van der Waals surface area contributed by atoms with E-state index >= 15 is 0 Å². The number of hydrogen-bond donors (Lipinski definition) is 1. The van der Waals surface area contributed by atoms with Crippen molar-refractivity contribution in [3.8, 4) is 28.4 Å². The molecule has 1 amide bonds. The minimum Gasteiger partial charge on any atom is -0.488 e. The Hall–Kier alpha value is -5.51. The number of nitrogen functional groups attached to an aromatic ring is 1. The van der Waals surface area contributed by atoms with Crippen LogP contribution in [0.4, 0.5) is 10.5 Å². The van der Waals surface area contributed by atoms with E-state index in [9.17, 15) is 4.79 Å². The van der Waals surface area contributed by atoms with Gasteiger partial charge in [-0.2, -0.15) is 5.10 Å². The highest BCUT2D eigenvalue weighted by molar-refractivity contribution is 5.96. The molecular formula is C40H43N7O3. The van der Waals surface area contributed by atoms with Gasteiger partial charge in [-0.15, -0.1) is 0 Å². The molecule has 1 aliphatic rings. The summed E-state index contributed by atoms with van der Waals surface area (Å²) >= 11 is 0. The summed E-state index contributed by atoms with van der Waals surface area (Å²) in [6, 6.07) is 24.2. The molecule has 4 heterocycles. The normalized spacial score (nSPS) is 14.9. The number of ether oxygens (including phenoxy) is 2. The molecule has 0 saturated carbocycles. The number of hydrogen-bond acceptors (Lipinski definition) is 8. The third-order valence-electron chi connectivity index (χ3n) is 8.95. The SMILES string of the molecule is CC(C)c1cnn2c(CCc3ccccc3-c3nccc4cc(N)ccc34)nc(-c3cccc(OC4CCN(C(=O)OC(C)(C)C)C4)c3)nc12. The maximum Gasteiger partial charge on any atom is 0.410 e. The molecule has 6 aromatic rings. The average Bonchev–Trinajstić information content (AvgIpc) is 3.74. The minimum atomic E-state index is -0.540. The maximum atomic E-state index is 12.6. The fraction of sp³-hybridized carbons (Fsp3) is 0.325. The van der Waals surface area contributed by atoms with Crippen molar-refractivity contribution in [3.05, 3.63) is 102 Å². The first-order valence-corrected chi connectivity index (χ1v) is 17.2. The van der Waals surface area contributed by atoms with E-state index in [0.29, 0.717) is 31.1 Å². The Labute approximate surface area is 292 Å². The van der Waals surface area contributed by atoms with E-state index in [2.05, 4.69) is 38.1 Å². The molecule has 3 aromatic carbocycles. The second-order valence-electron chi connectivity index (χ2n) is 14.2. The predicted octanol–water partition coefficient (Wildman–Crippen LogP) is 7.89. The number of benzene rings is 3. The number of nitrogens with two attached hydrogens (primary N) is 1. The molecule has 0 bridgehead atoms. The number of aryl methyl sites for hydroxylation is 2. The van der Waals surface area contributed by atoms with Gasteiger partial charge >= 0.3 is 6.09 Å². The van der Waals surface area contributed by atoms with Crippen LogP contribution < -0.4 is 10.5 Å². The van der Waals surface area contributed by atoms with Crippen LogP contribution >= 0.6 is 0 Å².